The normalized spacial score (nSPS) is 10.3. The topological polar surface area (TPSA) is 61.3 Å². The second kappa shape index (κ2) is 7.02. The molecule has 0 N–H and O–H groups in total. The van der Waals surface area contributed by atoms with Crippen LogP contribution in [0.2, 0.25) is 0 Å². The Morgan fingerprint density at radius 2 is 1.91 bits per heavy atom. The molecule has 0 aliphatic heterocycles. The molecule has 0 saturated carbocycles. The minimum absolute atomic E-state index is 0.179. The molecule has 2 aromatic heterocycles. The van der Waals surface area contributed by atoms with Crippen molar-refractivity contribution >= 4 is 17.3 Å². The Bertz CT molecular complexity index is 769. The maximum atomic E-state index is 11.8. The number of hydrogen-bond donors (Lipinski definition) is 0. The first-order chi connectivity index (χ1) is 11.3. The van der Waals surface area contributed by atoms with Crippen LogP contribution >= 0.6 is 11.3 Å². The van der Waals surface area contributed by atoms with E-state index in [1.807, 2.05) is 36.6 Å². The van der Waals surface area contributed by atoms with E-state index in [1.54, 1.807) is 24.3 Å². The van der Waals surface area contributed by atoms with Crippen molar-refractivity contribution in [2.45, 2.75) is 6.92 Å². The van der Waals surface area contributed by atoms with Gasteiger partial charge in [-0.3, -0.25) is 0 Å². The molecule has 116 valence electrons. The second-order valence-electron chi connectivity index (χ2n) is 4.58. The highest BCUT2D eigenvalue weighted by molar-refractivity contribution is 7.12. The summed E-state index contributed by atoms with van der Waals surface area (Å²) >= 11 is 1.32. The lowest BCUT2D eigenvalue weighted by Gasteiger charge is -2.05. The maximum absolute atomic E-state index is 11.8. The minimum Gasteiger partial charge on any atom is -0.494 e. The van der Waals surface area contributed by atoms with Crippen molar-refractivity contribution in [2.24, 2.45) is 0 Å². The third kappa shape index (κ3) is 3.73. The third-order valence-corrected chi connectivity index (χ3v) is 3.87. The van der Waals surface area contributed by atoms with Gasteiger partial charge in [-0.25, -0.2) is 4.79 Å². The van der Waals surface area contributed by atoms with E-state index < -0.39 is 5.97 Å². The van der Waals surface area contributed by atoms with Gasteiger partial charge in [-0.2, -0.15) is 0 Å². The maximum Gasteiger partial charge on any atom is 0.355 e. The number of nitrogens with zero attached hydrogens (tertiary/aromatic N) is 2. The molecular formula is C17H14N2O3S. The average Bonchev–Trinajstić information content (AvgIpc) is 3.11. The fourth-order valence-electron chi connectivity index (χ4n) is 1.96. The average molecular weight is 326 g/mol. The number of aromatic nitrogens is 2. The zero-order valence-electron chi connectivity index (χ0n) is 12.4. The molecule has 0 radical (unpaired) electrons. The van der Waals surface area contributed by atoms with E-state index in [-0.39, 0.29) is 5.88 Å². The monoisotopic (exact) mass is 326 g/mol. The molecule has 0 aliphatic carbocycles. The standard InChI is InChI=1S/C17H14N2O3S/c1-2-21-13-7-5-12(6-8-13)14-9-10-16(19-18-14)22-17(20)15-4-3-11-23-15/h3-11H,2H2,1H3. The van der Waals surface area contributed by atoms with Crippen LogP contribution in [0.5, 0.6) is 11.6 Å². The first-order valence-corrected chi connectivity index (χ1v) is 7.97. The zero-order valence-corrected chi connectivity index (χ0v) is 13.2. The van der Waals surface area contributed by atoms with Crippen molar-refractivity contribution in [3.05, 3.63) is 58.8 Å². The van der Waals surface area contributed by atoms with Crippen molar-refractivity contribution in [3.63, 3.8) is 0 Å². The van der Waals surface area contributed by atoms with Gasteiger partial charge in [-0.15, -0.1) is 21.5 Å². The molecule has 5 nitrogen and oxygen atoms in total. The minimum atomic E-state index is -0.428. The SMILES string of the molecule is CCOc1ccc(-c2ccc(OC(=O)c3cccs3)nn2)cc1. The Morgan fingerprint density at radius 3 is 2.52 bits per heavy atom. The summed E-state index contributed by atoms with van der Waals surface area (Å²) in [6.45, 7) is 2.57. The molecule has 0 saturated heterocycles. The van der Waals surface area contributed by atoms with Crippen LogP contribution in [0.25, 0.3) is 11.3 Å². The summed E-state index contributed by atoms with van der Waals surface area (Å²) in [5.41, 5.74) is 1.61. The van der Waals surface area contributed by atoms with Gasteiger partial charge in [-0.1, -0.05) is 6.07 Å². The molecule has 6 heteroatoms. The van der Waals surface area contributed by atoms with Gasteiger partial charge in [0.05, 0.1) is 12.3 Å². The summed E-state index contributed by atoms with van der Waals surface area (Å²) in [7, 11) is 0. The predicted octanol–water partition coefficient (Wildman–Crippen LogP) is 3.82. The molecule has 0 fully saturated rings. The van der Waals surface area contributed by atoms with E-state index in [1.165, 1.54) is 11.3 Å². The summed E-state index contributed by atoms with van der Waals surface area (Å²) in [6.07, 6.45) is 0. The number of carbonyl (C=O) groups is 1. The summed E-state index contributed by atoms with van der Waals surface area (Å²) in [5, 5.41) is 9.86. The molecular weight excluding hydrogens is 312 g/mol. The van der Waals surface area contributed by atoms with Crippen LogP contribution in [0, 0.1) is 0 Å². The Labute approximate surface area is 137 Å². The summed E-state index contributed by atoms with van der Waals surface area (Å²) < 4.78 is 10.6. The number of esters is 1. The van der Waals surface area contributed by atoms with Gasteiger partial charge in [0.2, 0.25) is 5.88 Å². The molecule has 3 rings (SSSR count). The van der Waals surface area contributed by atoms with Crippen molar-refractivity contribution in [2.75, 3.05) is 6.61 Å². The Kier molecular flexibility index (Phi) is 4.63. The van der Waals surface area contributed by atoms with E-state index in [2.05, 4.69) is 10.2 Å². The van der Waals surface area contributed by atoms with Crippen molar-refractivity contribution in [1.29, 1.82) is 0 Å². The third-order valence-electron chi connectivity index (χ3n) is 3.02. The molecule has 2 heterocycles. The van der Waals surface area contributed by atoms with E-state index >= 15 is 0 Å². The number of rotatable bonds is 5. The van der Waals surface area contributed by atoms with Crippen LogP contribution in [-0.4, -0.2) is 22.8 Å². The van der Waals surface area contributed by atoms with Gasteiger partial charge in [0, 0.05) is 11.6 Å². The molecule has 3 aromatic rings. The molecule has 0 unspecified atom stereocenters. The van der Waals surface area contributed by atoms with E-state index in [9.17, 15) is 4.79 Å². The second-order valence-corrected chi connectivity index (χ2v) is 5.53. The first kappa shape index (κ1) is 15.2. The number of carbonyl (C=O) groups excluding carboxylic acids is 1. The summed E-state index contributed by atoms with van der Waals surface area (Å²) in [4.78, 5) is 12.4. The fourth-order valence-corrected chi connectivity index (χ4v) is 2.56. The van der Waals surface area contributed by atoms with Crippen molar-refractivity contribution in [1.82, 2.24) is 10.2 Å². The zero-order chi connectivity index (χ0) is 16.1. The molecule has 0 spiro atoms. The molecule has 1 aromatic carbocycles. The van der Waals surface area contributed by atoms with Crippen LogP contribution in [0.1, 0.15) is 16.6 Å². The van der Waals surface area contributed by atoms with E-state index in [4.69, 9.17) is 9.47 Å². The number of ether oxygens (including phenoxy) is 2. The summed E-state index contributed by atoms with van der Waals surface area (Å²) in [5.74, 6) is 0.562. The Balaban J connectivity index is 1.70. The Hall–Kier alpha value is -2.73. The van der Waals surface area contributed by atoms with Crippen LogP contribution in [-0.2, 0) is 0 Å². The van der Waals surface area contributed by atoms with E-state index in [0.717, 1.165) is 11.3 Å². The van der Waals surface area contributed by atoms with Crippen LogP contribution in [0.3, 0.4) is 0 Å². The number of benzene rings is 1. The quantitative estimate of drug-likeness (QED) is 0.667. The summed E-state index contributed by atoms with van der Waals surface area (Å²) in [6, 6.07) is 14.5. The molecule has 0 atom stereocenters. The van der Waals surface area contributed by atoms with Gasteiger partial charge in [-0.05, 0) is 48.7 Å². The van der Waals surface area contributed by atoms with Crippen molar-refractivity contribution in [3.8, 4) is 22.9 Å². The lowest BCUT2D eigenvalue weighted by molar-refractivity contribution is 0.0731. The number of thiophene rings is 1. The smallest absolute Gasteiger partial charge is 0.355 e. The van der Waals surface area contributed by atoms with Crippen LogP contribution in [0.4, 0.5) is 0 Å². The molecule has 23 heavy (non-hydrogen) atoms. The first-order valence-electron chi connectivity index (χ1n) is 7.09. The van der Waals surface area contributed by atoms with Crippen LogP contribution in [0.15, 0.2) is 53.9 Å². The number of hydrogen-bond acceptors (Lipinski definition) is 6. The van der Waals surface area contributed by atoms with Gasteiger partial charge in [0.15, 0.2) is 0 Å². The Morgan fingerprint density at radius 1 is 1.09 bits per heavy atom. The molecule has 0 amide bonds. The highest BCUT2D eigenvalue weighted by Crippen LogP contribution is 2.21. The highest BCUT2D eigenvalue weighted by atomic mass is 32.1. The van der Waals surface area contributed by atoms with Crippen molar-refractivity contribution < 1.29 is 14.3 Å². The lowest BCUT2D eigenvalue weighted by atomic mass is 10.1. The van der Waals surface area contributed by atoms with Gasteiger partial charge in [0.1, 0.15) is 10.6 Å². The van der Waals surface area contributed by atoms with Crippen LogP contribution < -0.4 is 9.47 Å². The lowest BCUT2D eigenvalue weighted by Crippen LogP contribution is -2.08. The molecule has 0 aliphatic rings. The van der Waals surface area contributed by atoms with E-state index in [0.29, 0.717) is 17.2 Å². The van der Waals surface area contributed by atoms with Gasteiger partial charge < -0.3 is 9.47 Å². The van der Waals surface area contributed by atoms with Gasteiger partial charge >= 0.3 is 5.97 Å². The predicted molar refractivity (Wildman–Crippen MR) is 87.9 cm³/mol. The fraction of sp³-hybridized carbons (Fsp3) is 0.118. The molecule has 0 bridgehead atoms. The van der Waals surface area contributed by atoms with Gasteiger partial charge in [0.25, 0.3) is 0 Å². The highest BCUT2D eigenvalue weighted by Gasteiger charge is 2.11. The largest absolute Gasteiger partial charge is 0.494 e.